The van der Waals surface area contributed by atoms with Gasteiger partial charge in [0.1, 0.15) is 0 Å². The molecule has 1 aliphatic carbocycles. The van der Waals surface area contributed by atoms with Crippen LogP contribution in [0.3, 0.4) is 0 Å². The molecule has 1 unspecified atom stereocenters. The number of ketones is 1. The first-order valence-electron chi connectivity index (χ1n) is 10.5. The Morgan fingerprint density at radius 1 is 1.19 bits per heavy atom. The summed E-state index contributed by atoms with van der Waals surface area (Å²) in [6.07, 6.45) is 4.58. The van der Waals surface area contributed by atoms with E-state index in [9.17, 15) is 14.9 Å². The van der Waals surface area contributed by atoms with Crippen LogP contribution in [-0.2, 0) is 13.6 Å². The number of fused-ring (bicyclic) bond motifs is 10. The van der Waals surface area contributed by atoms with Crippen LogP contribution in [0.4, 0.5) is 0 Å². The van der Waals surface area contributed by atoms with Crippen LogP contribution in [-0.4, -0.2) is 20.8 Å². The molecule has 4 aromatic rings. The highest BCUT2D eigenvalue weighted by Gasteiger charge is 2.34. The number of aromatic nitrogens is 2. The van der Waals surface area contributed by atoms with Crippen molar-refractivity contribution in [3.8, 4) is 6.07 Å². The quantitative estimate of drug-likeness (QED) is 0.526. The number of hydrogen-bond donors (Lipinski definition) is 1. The Morgan fingerprint density at radius 2 is 2.00 bits per heavy atom. The first-order valence-corrected chi connectivity index (χ1v) is 10.5. The standard InChI is InChI=1S/C25H20N4O2/c1-13(10-11-26)29-17-8-4-3-6-14(17)19-16-12-27-25(31)21(16)20-15-7-5-9-18(30)22(15)28(2)23(20)24(19)29/h3-8,13H,9-10,12H2,1-2H3,(H,27,31). The van der Waals surface area contributed by atoms with Gasteiger partial charge in [0.2, 0.25) is 0 Å². The Morgan fingerprint density at radius 3 is 2.81 bits per heavy atom. The van der Waals surface area contributed by atoms with E-state index < -0.39 is 0 Å². The van der Waals surface area contributed by atoms with Crippen molar-refractivity contribution in [2.75, 3.05) is 0 Å². The molecular weight excluding hydrogens is 388 g/mol. The molecule has 0 bridgehead atoms. The van der Waals surface area contributed by atoms with Crippen LogP contribution < -0.4 is 5.32 Å². The zero-order chi connectivity index (χ0) is 21.4. The molecule has 0 saturated heterocycles. The van der Waals surface area contributed by atoms with Gasteiger partial charge in [-0.2, -0.15) is 5.26 Å². The van der Waals surface area contributed by atoms with E-state index in [1.807, 2.05) is 42.8 Å². The van der Waals surface area contributed by atoms with Crippen LogP contribution in [0.25, 0.3) is 38.8 Å². The van der Waals surface area contributed by atoms with Gasteiger partial charge in [-0.3, -0.25) is 9.59 Å². The Hall–Kier alpha value is -3.85. The molecule has 1 atom stereocenters. The third-order valence-corrected chi connectivity index (χ3v) is 6.75. The van der Waals surface area contributed by atoms with Crippen LogP contribution in [0, 0.1) is 11.3 Å². The molecule has 6 heteroatoms. The lowest BCUT2D eigenvalue weighted by Gasteiger charge is -2.16. The fraction of sp³-hybridized carbons (Fsp3) is 0.240. The molecule has 6 rings (SSSR count). The van der Waals surface area contributed by atoms with Gasteiger partial charge in [-0.25, -0.2) is 0 Å². The van der Waals surface area contributed by atoms with Gasteiger partial charge in [-0.05, 0) is 18.6 Å². The summed E-state index contributed by atoms with van der Waals surface area (Å²) in [5.74, 6) is -0.0344. The van der Waals surface area contributed by atoms with E-state index in [1.165, 1.54) is 0 Å². The first-order chi connectivity index (χ1) is 15.0. The fourth-order valence-electron chi connectivity index (χ4n) is 5.56. The molecule has 152 valence electrons. The van der Waals surface area contributed by atoms with Gasteiger partial charge in [0.05, 0.1) is 34.8 Å². The fourth-order valence-corrected chi connectivity index (χ4v) is 5.56. The number of allylic oxidation sites excluding steroid dienone is 1. The summed E-state index contributed by atoms with van der Waals surface area (Å²) in [5, 5.41) is 15.4. The zero-order valence-corrected chi connectivity index (χ0v) is 17.3. The summed E-state index contributed by atoms with van der Waals surface area (Å²) in [7, 11) is 1.91. The van der Waals surface area contributed by atoms with Crippen LogP contribution in [0.1, 0.15) is 57.8 Å². The summed E-state index contributed by atoms with van der Waals surface area (Å²) in [6.45, 7) is 2.51. The monoisotopic (exact) mass is 408 g/mol. The van der Waals surface area contributed by atoms with E-state index >= 15 is 0 Å². The third kappa shape index (κ3) is 2.10. The number of carbonyl (C=O) groups excluding carboxylic acids is 2. The maximum absolute atomic E-state index is 13.0. The SMILES string of the molecule is CC(CC#N)n1c2ccccc2c2c3c(c4c5c(n(C)c4c21)C(=O)CC=C5)C(=O)NC3. The molecule has 0 fully saturated rings. The number of benzene rings is 2. The minimum Gasteiger partial charge on any atom is -0.348 e. The van der Waals surface area contributed by atoms with Gasteiger partial charge in [-0.15, -0.1) is 0 Å². The summed E-state index contributed by atoms with van der Waals surface area (Å²) in [4.78, 5) is 25.9. The number of carbonyl (C=O) groups is 2. The highest BCUT2D eigenvalue weighted by Crippen LogP contribution is 2.46. The average Bonchev–Trinajstić information content (AvgIpc) is 3.39. The van der Waals surface area contributed by atoms with Crippen molar-refractivity contribution in [2.24, 2.45) is 7.05 Å². The van der Waals surface area contributed by atoms with Gasteiger partial charge in [0.15, 0.2) is 5.78 Å². The van der Waals surface area contributed by atoms with Crippen molar-refractivity contribution < 1.29 is 9.59 Å². The Kier molecular flexibility index (Phi) is 3.52. The molecule has 0 saturated carbocycles. The van der Waals surface area contributed by atoms with Crippen molar-refractivity contribution in [1.29, 1.82) is 5.26 Å². The minimum absolute atomic E-state index is 0.0584. The number of nitriles is 1. The number of nitrogens with one attached hydrogen (secondary N) is 1. The van der Waals surface area contributed by atoms with Crippen molar-refractivity contribution in [2.45, 2.75) is 32.4 Å². The maximum atomic E-state index is 13.0. The molecular formula is C25H20N4O2. The highest BCUT2D eigenvalue weighted by molar-refractivity contribution is 6.28. The minimum atomic E-state index is -0.0939. The van der Waals surface area contributed by atoms with E-state index in [1.54, 1.807) is 0 Å². The molecule has 1 N–H and O–H groups in total. The van der Waals surface area contributed by atoms with Crippen LogP contribution in [0.5, 0.6) is 0 Å². The second-order valence-corrected chi connectivity index (χ2v) is 8.43. The summed E-state index contributed by atoms with van der Waals surface area (Å²) < 4.78 is 4.18. The molecule has 31 heavy (non-hydrogen) atoms. The van der Waals surface area contributed by atoms with E-state index in [0.29, 0.717) is 30.6 Å². The smallest absolute Gasteiger partial charge is 0.252 e. The van der Waals surface area contributed by atoms with Crippen molar-refractivity contribution >= 4 is 50.5 Å². The summed E-state index contributed by atoms with van der Waals surface area (Å²) in [5.41, 5.74) is 6.05. The Labute approximate surface area is 178 Å². The largest absolute Gasteiger partial charge is 0.348 e. The molecule has 6 nitrogen and oxygen atoms in total. The van der Waals surface area contributed by atoms with Gasteiger partial charge in [0.25, 0.3) is 5.91 Å². The third-order valence-electron chi connectivity index (χ3n) is 6.75. The predicted octanol–water partition coefficient (Wildman–Crippen LogP) is 4.60. The maximum Gasteiger partial charge on any atom is 0.252 e. The van der Waals surface area contributed by atoms with Crippen LogP contribution in [0.15, 0.2) is 30.3 Å². The predicted molar refractivity (Wildman–Crippen MR) is 120 cm³/mol. The number of para-hydroxylation sites is 1. The molecule has 3 heterocycles. The van der Waals surface area contributed by atoms with Crippen molar-refractivity contribution in [1.82, 2.24) is 14.5 Å². The lowest BCUT2D eigenvalue weighted by atomic mass is 9.94. The topological polar surface area (TPSA) is 79.8 Å². The first kappa shape index (κ1) is 18.0. The number of rotatable bonds is 2. The Balaban J connectivity index is 1.96. The number of amides is 1. The number of hydrogen-bond acceptors (Lipinski definition) is 3. The normalized spacial score (nSPS) is 16.0. The highest BCUT2D eigenvalue weighted by atomic mass is 16.2. The molecule has 1 aliphatic heterocycles. The van der Waals surface area contributed by atoms with Gasteiger partial charge < -0.3 is 14.5 Å². The summed E-state index contributed by atoms with van der Waals surface area (Å²) in [6, 6.07) is 10.4. The zero-order valence-electron chi connectivity index (χ0n) is 17.3. The average molecular weight is 408 g/mol. The van der Waals surface area contributed by atoms with E-state index in [-0.39, 0.29) is 17.7 Å². The second-order valence-electron chi connectivity index (χ2n) is 8.43. The molecule has 0 radical (unpaired) electrons. The number of nitrogens with zero attached hydrogens (tertiary/aromatic N) is 3. The lowest BCUT2D eigenvalue weighted by molar-refractivity contribution is 0.0963. The lowest BCUT2D eigenvalue weighted by Crippen LogP contribution is -2.12. The van der Waals surface area contributed by atoms with Gasteiger partial charge >= 0.3 is 0 Å². The van der Waals surface area contributed by atoms with Crippen LogP contribution >= 0.6 is 0 Å². The number of Topliss-reactive ketones (excluding diaryl/α,β-unsaturated/α-hetero) is 1. The van der Waals surface area contributed by atoms with Crippen LogP contribution in [0.2, 0.25) is 0 Å². The number of aryl methyl sites for hydroxylation is 1. The molecule has 1 amide bonds. The van der Waals surface area contributed by atoms with Gasteiger partial charge in [0, 0.05) is 53.3 Å². The molecule has 2 aliphatic rings. The molecule has 2 aromatic carbocycles. The molecule has 0 spiro atoms. The van der Waals surface area contributed by atoms with E-state index in [4.69, 9.17) is 0 Å². The summed E-state index contributed by atoms with van der Waals surface area (Å²) >= 11 is 0. The second kappa shape index (κ2) is 6.08. The van der Waals surface area contributed by atoms with E-state index in [2.05, 4.69) is 28.1 Å². The van der Waals surface area contributed by atoms with Crippen molar-refractivity contribution in [3.63, 3.8) is 0 Å². The van der Waals surface area contributed by atoms with Crippen molar-refractivity contribution in [3.05, 3.63) is 52.7 Å². The Bertz CT molecular complexity index is 1560. The van der Waals surface area contributed by atoms with Gasteiger partial charge in [-0.1, -0.05) is 30.4 Å². The molecule has 2 aromatic heterocycles. The van der Waals surface area contributed by atoms with E-state index in [0.717, 1.165) is 43.8 Å².